The summed E-state index contributed by atoms with van der Waals surface area (Å²) in [5.41, 5.74) is 6.09. The zero-order valence-electron chi connectivity index (χ0n) is 32.4. The van der Waals surface area contributed by atoms with Crippen molar-refractivity contribution >= 4 is 58.5 Å². The zero-order valence-corrected chi connectivity index (χ0v) is 32.4. The highest BCUT2D eigenvalue weighted by atomic mass is 19.4. The number of aromatic carboxylic acids is 1. The number of rotatable bonds is 8. The second-order valence-electron chi connectivity index (χ2n) is 14.2. The quantitative estimate of drug-likeness (QED) is 0.108. The van der Waals surface area contributed by atoms with E-state index in [1.54, 1.807) is 65.8 Å². The summed E-state index contributed by atoms with van der Waals surface area (Å²) >= 11 is 0. The number of Topliss-reactive ketones (excluding diaryl/α,β-unsaturated/α-hetero) is 1. The minimum absolute atomic E-state index is 0.0299. The molecular formula is C39H41F6N11O5. The van der Waals surface area contributed by atoms with Crippen LogP contribution in [0.5, 0.6) is 0 Å². The van der Waals surface area contributed by atoms with Crippen LogP contribution in [0.4, 0.5) is 70.6 Å². The van der Waals surface area contributed by atoms with Crippen molar-refractivity contribution in [1.29, 1.82) is 0 Å². The van der Waals surface area contributed by atoms with Crippen molar-refractivity contribution in [2.45, 2.75) is 63.0 Å². The molecule has 4 aromatic heterocycles. The Kier molecular flexibility index (Phi) is 13.5. The molecule has 0 aliphatic carbocycles. The van der Waals surface area contributed by atoms with Crippen LogP contribution < -0.4 is 36.0 Å². The van der Waals surface area contributed by atoms with E-state index in [9.17, 15) is 50.6 Å². The SMILES string of the molecule is NCCC(F)(F)F.O=C(CCCC(F)(F)F)c1ccc2c(n1)N(C(=O)Nc1ccccn1)[C@H]1CCN2C1.O=C(O)c1ccc2c(n1)N(C(=O)Nc1ccccn1)[C@H]1CCN2C1. The number of nitrogens with one attached hydrogen (secondary N) is 2. The molecular weight excluding hydrogens is 816 g/mol. The average Bonchev–Trinajstić information content (AvgIpc) is 3.83. The number of halogens is 6. The minimum atomic E-state index is -4.30. The molecule has 8 rings (SSSR count). The fraction of sp³-hybridized carbons (Fsp3) is 0.385. The third-order valence-electron chi connectivity index (χ3n) is 9.94. The van der Waals surface area contributed by atoms with E-state index in [-0.39, 0.29) is 48.9 Å². The van der Waals surface area contributed by atoms with Crippen LogP contribution in [0, 0.1) is 0 Å². The zero-order chi connectivity index (χ0) is 43.9. The first-order valence-electron chi connectivity index (χ1n) is 19.2. The summed E-state index contributed by atoms with van der Waals surface area (Å²) in [6.07, 6.45) is -6.09. The van der Waals surface area contributed by atoms with Gasteiger partial charge in [-0.3, -0.25) is 25.2 Å². The first-order chi connectivity index (χ1) is 29.0. The van der Waals surface area contributed by atoms with E-state index in [1.807, 2.05) is 0 Å². The summed E-state index contributed by atoms with van der Waals surface area (Å²) < 4.78 is 70.0. The number of amides is 4. The second kappa shape index (κ2) is 18.8. The lowest BCUT2D eigenvalue weighted by molar-refractivity contribution is -0.135. The van der Waals surface area contributed by atoms with Crippen molar-refractivity contribution in [2.75, 3.05) is 63.0 Å². The highest BCUT2D eigenvalue weighted by molar-refractivity contribution is 6.06. The number of carbonyl (C=O) groups is 4. The number of nitrogens with zero attached hydrogens (tertiary/aromatic N) is 8. The molecule has 0 spiro atoms. The Morgan fingerprint density at radius 3 is 1.57 bits per heavy atom. The first kappa shape index (κ1) is 44.0. The van der Waals surface area contributed by atoms with Gasteiger partial charge in [0.15, 0.2) is 23.1 Å². The molecule has 61 heavy (non-hydrogen) atoms. The number of anilines is 6. The van der Waals surface area contributed by atoms with Crippen molar-refractivity contribution < 1.29 is 50.6 Å². The molecule has 4 aliphatic rings. The molecule has 4 aromatic rings. The van der Waals surface area contributed by atoms with Crippen LogP contribution in [0.3, 0.4) is 0 Å². The number of alkyl halides is 6. The molecule has 4 bridgehead atoms. The van der Waals surface area contributed by atoms with Gasteiger partial charge in [0.25, 0.3) is 0 Å². The van der Waals surface area contributed by atoms with E-state index in [0.29, 0.717) is 29.8 Å². The van der Waals surface area contributed by atoms with Gasteiger partial charge < -0.3 is 20.6 Å². The molecule has 5 N–H and O–H groups in total. The number of aromatic nitrogens is 4. The third-order valence-corrected chi connectivity index (χ3v) is 9.94. The van der Waals surface area contributed by atoms with Gasteiger partial charge in [0.1, 0.15) is 17.3 Å². The average molecular weight is 858 g/mol. The monoisotopic (exact) mass is 857 g/mol. The normalized spacial score (nSPS) is 17.2. The molecule has 2 atom stereocenters. The van der Waals surface area contributed by atoms with Gasteiger partial charge in [0.05, 0.1) is 29.9 Å². The molecule has 0 saturated carbocycles. The standard InChI is InChI=1S/C20H20F3N5O2.C16H15N5O3.C3H6F3N/c21-20(22,23)9-3-4-16(29)14-6-7-15-18(25-14)28(13-8-11-27(15)12-13)19(30)26-17-5-1-2-10-24-17;22-15(23)11-4-5-12-14(18-11)21(10-6-8-20(12)9-10)16(24)19-13-3-1-2-7-17-13;4-3(5,6)1-2-7/h1-2,5-7,10,13H,3-4,8-9,11-12H2,(H,24,26,30);1-5,7,10H,6,8-9H2,(H,22,23)(H,17,19,24);1-2,7H2/t13-;10-;/m00./s1. The highest BCUT2D eigenvalue weighted by Gasteiger charge is 2.42. The molecule has 16 nitrogen and oxygen atoms in total. The lowest BCUT2D eigenvalue weighted by atomic mass is 10.1. The molecule has 4 amide bonds. The second-order valence-corrected chi connectivity index (χ2v) is 14.2. The molecule has 0 radical (unpaired) electrons. The fourth-order valence-electron chi connectivity index (χ4n) is 7.17. The van der Waals surface area contributed by atoms with Gasteiger partial charge in [-0.15, -0.1) is 0 Å². The number of ketones is 1. The molecule has 22 heteroatoms. The summed E-state index contributed by atoms with van der Waals surface area (Å²) in [5.74, 6) is -0.0190. The predicted molar refractivity (Wildman–Crippen MR) is 212 cm³/mol. The number of carboxylic acids is 1. The number of fused-ring (bicyclic) bond motifs is 8. The fourth-order valence-corrected chi connectivity index (χ4v) is 7.17. The van der Waals surface area contributed by atoms with Crippen molar-refractivity contribution in [3.63, 3.8) is 0 Å². The number of pyridine rings is 4. The van der Waals surface area contributed by atoms with Gasteiger partial charge in [-0.05, 0) is 67.8 Å². The van der Waals surface area contributed by atoms with Crippen molar-refractivity contribution in [1.82, 2.24) is 19.9 Å². The Morgan fingerprint density at radius 1 is 0.689 bits per heavy atom. The van der Waals surface area contributed by atoms with Crippen LogP contribution >= 0.6 is 0 Å². The number of hydrogen-bond donors (Lipinski definition) is 4. The first-order valence-corrected chi connectivity index (χ1v) is 19.2. The lowest BCUT2D eigenvalue weighted by Gasteiger charge is -2.35. The molecule has 2 saturated heterocycles. The summed E-state index contributed by atoms with van der Waals surface area (Å²) in [7, 11) is 0. The van der Waals surface area contributed by atoms with E-state index >= 15 is 0 Å². The Hall–Kier alpha value is -6.58. The number of carbonyl (C=O) groups excluding carboxylic acids is 3. The van der Waals surface area contributed by atoms with Gasteiger partial charge >= 0.3 is 30.4 Å². The number of urea groups is 2. The Bertz CT molecular complexity index is 2200. The smallest absolute Gasteiger partial charge is 0.390 e. The van der Waals surface area contributed by atoms with E-state index < -0.39 is 43.0 Å². The number of carboxylic acid groups (broad SMARTS) is 1. The Balaban J connectivity index is 0.000000180. The van der Waals surface area contributed by atoms with Crippen molar-refractivity contribution in [2.24, 2.45) is 5.73 Å². The van der Waals surface area contributed by atoms with Crippen molar-refractivity contribution in [3.05, 3.63) is 84.4 Å². The topological polar surface area (TPSA) is 203 Å². The lowest BCUT2D eigenvalue weighted by Crippen LogP contribution is -2.48. The van der Waals surface area contributed by atoms with Gasteiger partial charge in [0.2, 0.25) is 0 Å². The maximum Gasteiger partial charge on any atom is 0.390 e. The molecule has 4 aliphatic heterocycles. The van der Waals surface area contributed by atoms with E-state index in [4.69, 9.17) is 0 Å². The van der Waals surface area contributed by atoms with Crippen LogP contribution in [0.25, 0.3) is 0 Å². The molecule has 0 unspecified atom stereocenters. The van der Waals surface area contributed by atoms with Crippen molar-refractivity contribution in [3.8, 4) is 0 Å². The molecule has 8 heterocycles. The number of nitrogens with two attached hydrogens (primary N) is 1. The van der Waals surface area contributed by atoms with E-state index in [0.717, 1.165) is 43.9 Å². The van der Waals surface area contributed by atoms with E-state index in [1.165, 1.54) is 17.0 Å². The van der Waals surface area contributed by atoms with Gasteiger partial charge in [0, 0.05) is 58.0 Å². The Morgan fingerprint density at radius 2 is 1.16 bits per heavy atom. The van der Waals surface area contributed by atoms with Crippen LogP contribution in [0.1, 0.15) is 59.5 Å². The van der Waals surface area contributed by atoms with Crippen LogP contribution in [-0.2, 0) is 0 Å². The summed E-state index contributed by atoms with van der Waals surface area (Å²) in [6, 6.07) is 15.9. The molecule has 0 aromatic carbocycles. The predicted octanol–water partition coefficient (Wildman–Crippen LogP) is 6.73. The van der Waals surface area contributed by atoms with E-state index in [2.05, 4.69) is 46.1 Å². The summed E-state index contributed by atoms with van der Waals surface area (Å²) in [4.78, 5) is 73.5. The van der Waals surface area contributed by atoms with Gasteiger partial charge in [-0.25, -0.2) is 34.3 Å². The van der Waals surface area contributed by atoms with Crippen LogP contribution in [0.2, 0.25) is 0 Å². The maximum absolute atomic E-state index is 13.0. The summed E-state index contributed by atoms with van der Waals surface area (Å²) in [6.45, 7) is 2.63. The number of hydrogen-bond acceptors (Lipinski definition) is 11. The maximum atomic E-state index is 13.0. The van der Waals surface area contributed by atoms with Gasteiger partial charge in [-0.1, -0.05) is 12.1 Å². The summed E-state index contributed by atoms with van der Waals surface area (Å²) in [5, 5.41) is 14.7. The molecule has 2 fully saturated rings. The minimum Gasteiger partial charge on any atom is -0.477 e. The largest absolute Gasteiger partial charge is 0.477 e. The van der Waals surface area contributed by atoms with Crippen LogP contribution in [0.15, 0.2) is 73.1 Å². The highest BCUT2D eigenvalue weighted by Crippen LogP contribution is 2.40. The Labute approximate surface area is 344 Å². The third kappa shape index (κ3) is 11.2. The molecule has 324 valence electrons. The van der Waals surface area contributed by atoms with Gasteiger partial charge in [-0.2, -0.15) is 26.3 Å². The van der Waals surface area contributed by atoms with Crippen LogP contribution in [-0.4, -0.2) is 106 Å².